The third-order valence-electron chi connectivity index (χ3n) is 3.39. The molecule has 0 aliphatic carbocycles. The fourth-order valence-corrected chi connectivity index (χ4v) is 2.30. The van der Waals surface area contributed by atoms with E-state index in [-0.39, 0.29) is 0 Å². The Hall–Kier alpha value is -2.50. The number of allylic oxidation sites excluding steroid dienone is 1. The molecule has 0 aromatic heterocycles. The number of hydrogen-bond acceptors (Lipinski definition) is 5. The van der Waals surface area contributed by atoms with Crippen LogP contribution in [0.25, 0.3) is 0 Å². The molecule has 1 rings (SSSR count). The summed E-state index contributed by atoms with van der Waals surface area (Å²) in [5.41, 5.74) is 0.173. The Morgan fingerprint density at radius 3 is 2.16 bits per heavy atom. The van der Waals surface area contributed by atoms with E-state index in [0.717, 1.165) is 5.56 Å². The number of benzene rings is 1. The van der Waals surface area contributed by atoms with Gasteiger partial charge in [0.2, 0.25) is 0 Å². The Balaban J connectivity index is 3.13. The first-order valence-corrected chi connectivity index (χ1v) is 8.06. The summed E-state index contributed by atoms with van der Waals surface area (Å²) in [6, 6.07) is 6.37. The first-order chi connectivity index (χ1) is 11.7. The lowest BCUT2D eigenvalue weighted by molar-refractivity contribution is -0.143. The van der Waals surface area contributed by atoms with Crippen molar-refractivity contribution in [1.82, 2.24) is 5.32 Å². The van der Waals surface area contributed by atoms with E-state index >= 15 is 0 Å². The lowest BCUT2D eigenvalue weighted by Gasteiger charge is -2.26. The molecular weight excluding hydrogens is 322 g/mol. The summed E-state index contributed by atoms with van der Waals surface area (Å²) in [4.78, 5) is 24.4. The van der Waals surface area contributed by atoms with Crippen molar-refractivity contribution in [1.29, 1.82) is 0 Å². The van der Waals surface area contributed by atoms with Crippen LogP contribution in [0.2, 0.25) is 0 Å². The average molecular weight is 349 g/mol. The molecule has 0 spiro atoms. The molecule has 0 radical (unpaired) electrons. The lowest BCUT2D eigenvalue weighted by atomic mass is 9.90. The Bertz CT molecular complexity index is 601. The molecule has 0 saturated heterocycles. The highest BCUT2D eigenvalue weighted by molar-refractivity contribution is 5.83. The summed E-state index contributed by atoms with van der Waals surface area (Å²) in [7, 11) is 2.87. The Labute approximate surface area is 149 Å². The average Bonchev–Trinajstić information content (AvgIpc) is 2.56. The summed E-state index contributed by atoms with van der Waals surface area (Å²) in [6.45, 7) is 7.12. The van der Waals surface area contributed by atoms with E-state index in [9.17, 15) is 9.59 Å². The molecule has 1 aromatic carbocycles. The zero-order valence-corrected chi connectivity index (χ0v) is 15.7. The molecule has 1 amide bonds. The molecule has 0 saturated carbocycles. The monoisotopic (exact) mass is 349 g/mol. The van der Waals surface area contributed by atoms with Crippen molar-refractivity contribution < 1.29 is 23.8 Å². The molecule has 0 aliphatic rings. The maximum atomic E-state index is 12.3. The maximum Gasteiger partial charge on any atom is 0.408 e. The van der Waals surface area contributed by atoms with Gasteiger partial charge in [-0.1, -0.05) is 24.3 Å². The second-order valence-corrected chi connectivity index (χ2v) is 6.47. The summed E-state index contributed by atoms with van der Waals surface area (Å²) >= 11 is 0. The zero-order chi connectivity index (χ0) is 19.0. The molecule has 0 bridgehead atoms. The van der Waals surface area contributed by atoms with Gasteiger partial charge in [-0.05, 0) is 45.4 Å². The van der Waals surface area contributed by atoms with Gasteiger partial charge < -0.3 is 19.5 Å². The fourth-order valence-electron chi connectivity index (χ4n) is 2.30. The van der Waals surface area contributed by atoms with Crippen LogP contribution in [0.1, 0.15) is 39.2 Å². The minimum Gasteiger partial charge on any atom is -0.497 e. The molecule has 6 nitrogen and oxygen atoms in total. The van der Waals surface area contributed by atoms with Crippen molar-refractivity contribution in [2.24, 2.45) is 0 Å². The topological polar surface area (TPSA) is 73.9 Å². The molecule has 25 heavy (non-hydrogen) atoms. The first kappa shape index (κ1) is 20.5. The van der Waals surface area contributed by atoms with Crippen molar-refractivity contribution >= 4 is 12.1 Å². The largest absolute Gasteiger partial charge is 0.497 e. The second kappa shape index (κ2) is 9.11. The Kier molecular flexibility index (Phi) is 7.48. The molecular formula is C19H27NO5. The van der Waals surface area contributed by atoms with Crippen molar-refractivity contribution in [2.75, 3.05) is 14.2 Å². The predicted molar refractivity (Wildman–Crippen MR) is 95.7 cm³/mol. The summed E-state index contributed by atoms with van der Waals surface area (Å²) < 4.78 is 15.3. The minimum absolute atomic E-state index is 0.407. The van der Waals surface area contributed by atoms with Gasteiger partial charge in [0, 0.05) is 5.92 Å². The molecule has 2 atom stereocenters. The van der Waals surface area contributed by atoms with E-state index in [2.05, 4.69) is 5.32 Å². The van der Waals surface area contributed by atoms with E-state index in [1.54, 1.807) is 40.0 Å². The van der Waals surface area contributed by atoms with Gasteiger partial charge in [-0.2, -0.15) is 0 Å². The molecule has 0 unspecified atom stereocenters. The Morgan fingerprint density at radius 2 is 1.72 bits per heavy atom. The van der Waals surface area contributed by atoms with Crippen molar-refractivity contribution in [3.63, 3.8) is 0 Å². The van der Waals surface area contributed by atoms with Crippen LogP contribution in [0.3, 0.4) is 0 Å². The zero-order valence-electron chi connectivity index (χ0n) is 15.7. The molecule has 6 heteroatoms. The van der Waals surface area contributed by atoms with Gasteiger partial charge in [0.15, 0.2) is 0 Å². The lowest BCUT2D eigenvalue weighted by Crippen LogP contribution is -2.47. The number of carbonyl (C=O) groups excluding carboxylic acids is 2. The molecule has 1 aromatic rings. The predicted octanol–water partition coefficient (Wildman–Crippen LogP) is 3.42. The van der Waals surface area contributed by atoms with Gasteiger partial charge in [-0.15, -0.1) is 0 Å². The number of esters is 1. The van der Waals surface area contributed by atoms with Crippen molar-refractivity contribution in [3.05, 3.63) is 42.0 Å². The van der Waals surface area contributed by atoms with E-state index in [0.29, 0.717) is 5.75 Å². The highest BCUT2D eigenvalue weighted by Crippen LogP contribution is 2.25. The summed E-state index contributed by atoms with van der Waals surface area (Å²) in [5.74, 6) is -0.252. The fraction of sp³-hybridized carbons (Fsp3) is 0.474. The summed E-state index contributed by atoms with van der Waals surface area (Å²) in [5, 5.41) is 2.62. The number of alkyl carbamates (subject to hydrolysis) is 1. The minimum atomic E-state index is -0.913. The van der Waals surface area contributed by atoms with Crippen LogP contribution in [0.4, 0.5) is 4.79 Å². The molecule has 138 valence electrons. The van der Waals surface area contributed by atoms with Crippen LogP contribution >= 0.6 is 0 Å². The van der Waals surface area contributed by atoms with Crippen LogP contribution in [0.5, 0.6) is 5.75 Å². The standard InChI is InChI=1S/C19H27NO5/c1-7-8-15(13-9-11-14(23-5)12-10-13)16(17(21)24-6)20-18(22)25-19(2,3)4/h7-12,15-16H,1-6H3,(H,20,22)/b8-7+/t15-,16-/m0/s1. The van der Waals surface area contributed by atoms with Crippen LogP contribution in [-0.4, -0.2) is 37.9 Å². The Morgan fingerprint density at radius 1 is 1.12 bits per heavy atom. The third-order valence-corrected chi connectivity index (χ3v) is 3.39. The number of nitrogens with one attached hydrogen (secondary N) is 1. The van der Waals surface area contributed by atoms with Gasteiger partial charge in [0.25, 0.3) is 0 Å². The second-order valence-electron chi connectivity index (χ2n) is 6.47. The normalized spacial score (nSPS) is 13.8. The summed E-state index contributed by atoms with van der Waals surface area (Å²) in [6.07, 6.45) is 2.98. The van der Waals surface area contributed by atoms with Crippen molar-refractivity contribution in [3.8, 4) is 5.75 Å². The number of carbonyl (C=O) groups is 2. The number of rotatable bonds is 6. The van der Waals surface area contributed by atoms with Crippen LogP contribution in [0, 0.1) is 0 Å². The van der Waals surface area contributed by atoms with E-state index in [1.165, 1.54) is 7.11 Å². The quantitative estimate of drug-likeness (QED) is 0.629. The number of amides is 1. The van der Waals surface area contributed by atoms with E-state index < -0.39 is 29.6 Å². The third kappa shape index (κ3) is 6.49. The van der Waals surface area contributed by atoms with Gasteiger partial charge in [-0.3, -0.25) is 0 Å². The number of ether oxygens (including phenoxy) is 3. The van der Waals surface area contributed by atoms with Crippen LogP contribution in [0.15, 0.2) is 36.4 Å². The van der Waals surface area contributed by atoms with Crippen LogP contribution < -0.4 is 10.1 Å². The molecule has 0 fully saturated rings. The number of hydrogen-bond donors (Lipinski definition) is 1. The van der Waals surface area contributed by atoms with Gasteiger partial charge in [-0.25, -0.2) is 9.59 Å². The SMILES string of the molecule is C/C=C/[C@@H](c1ccc(OC)cc1)[C@H](NC(=O)OC(C)(C)C)C(=O)OC. The van der Waals surface area contributed by atoms with Crippen LogP contribution in [-0.2, 0) is 14.3 Å². The maximum absolute atomic E-state index is 12.3. The first-order valence-electron chi connectivity index (χ1n) is 8.06. The number of methoxy groups -OCH3 is 2. The van der Waals surface area contributed by atoms with Gasteiger partial charge in [0.1, 0.15) is 17.4 Å². The van der Waals surface area contributed by atoms with E-state index in [4.69, 9.17) is 14.2 Å². The van der Waals surface area contributed by atoms with Crippen molar-refractivity contribution in [2.45, 2.75) is 45.3 Å². The molecule has 1 N–H and O–H groups in total. The molecule has 0 heterocycles. The molecule has 0 aliphatic heterocycles. The highest BCUT2D eigenvalue weighted by Gasteiger charge is 2.32. The van der Waals surface area contributed by atoms with Gasteiger partial charge in [0.05, 0.1) is 14.2 Å². The van der Waals surface area contributed by atoms with Gasteiger partial charge >= 0.3 is 12.1 Å². The van der Waals surface area contributed by atoms with E-state index in [1.807, 2.05) is 31.2 Å². The smallest absolute Gasteiger partial charge is 0.408 e. The highest BCUT2D eigenvalue weighted by atomic mass is 16.6.